The molecule has 84 valence electrons. The minimum atomic E-state index is -1.47. The first-order valence-corrected chi connectivity index (χ1v) is 5.26. The summed E-state index contributed by atoms with van der Waals surface area (Å²) in [5, 5.41) is 10.6. The Morgan fingerprint density at radius 3 is 2.75 bits per heavy atom. The van der Waals surface area contributed by atoms with E-state index in [0.29, 0.717) is 5.56 Å². The predicted octanol–water partition coefficient (Wildman–Crippen LogP) is 1.67. The molecule has 0 bridgehead atoms. The van der Waals surface area contributed by atoms with Crippen molar-refractivity contribution >= 4 is 11.6 Å². The molecule has 1 aromatic rings. The molecule has 0 saturated carbocycles. The van der Waals surface area contributed by atoms with Crippen LogP contribution in [0.15, 0.2) is 36.9 Å². The van der Waals surface area contributed by atoms with Crippen molar-refractivity contribution in [3.63, 3.8) is 0 Å². The zero-order chi connectivity index (χ0) is 11.9. The Morgan fingerprint density at radius 2 is 2.12 bits per heavy atom. The van der Waals surface area contributed by atoms with Gasteiger partial charge in [-0.2, -0.15) is 0 Å². The second-order valence-electron chi connectivity index (χ2n) is 4.17. The van der Waals surface area contributed by atoms with E-state index in [1.807, 2.05) is 18.2 Å². The van der Waals surface area contributed by atoms with Crippen molar-refractivity contribution in [2.24, 2.45) is 5.92 Å². The highest BCUT2D eigenvalue weighted by Crippen LogP contribution is 2.43. The van der Waals surface area contributed by atoms with Crippen LogP contribution in [0.5, 0.6) is 0 Å². The van der Waals surface area contributed by atoms with Crippen LogP contribution in [0.1, 0.15) is 12.5 Å². The molecule has 0 radical (unpaired) electrons. The van der Waals surface area contributed by atoms with Crippen LogP contribution in [-0.2, 0) is 10.4 Å². The molecule has 1 N–H and O–H groups in total. The van der Waals surface area contributed by atoms with Crippen LogP contribution in [-0.4, -0.2) is 18.1 Å². The van der Waals surface area contributed by atoms with Crippen molar-refractivity contribution in [1.29, 1.82) is 0 Å². The van der Waals surface area contributed by atoms with Gasteiger partial charge < -0.3 is 10.0 Å². The second-order valence-corrected chi connectivity index (χ2v) is 4.17. The maximum atomic E-state index is 12.1. The number of carbonyl (C=O) groups is 1. The van der Waals surface area contributed by atoms with Crippen molar-refractivity contribution < 1.29 is 9.90 Å². The maximum Gasteiger partial charge on any atom is 0.264 e. The summed E-state index contributed by atoms with van der Waals surface area (Å²) in [6.07, 6.45) is 1.60. The Hall–Kier alpha value is -1.61. The Kier molecular flexibility index (Phi) is 2.35. The number of amides is 1. The van der Waals surface area contributed by atoms with Crippen LogP contribution < -0.4 is 4.90 Å². The molecule has 1 heterocycles. The number of benzene rings is 1. The zero-order valence-electron chi connectivity index (χ0n) is 9.47. The van der Waals surface area contributed by atoms with E-state index in [2.05, 4.69) is 6.58 Å². The molecule has 0 spiro atoms. The molecule has 1 aromatic carbocycles. The van der Waals surface area contributed by atoms with Gasteiger partial charge in [0.15, 0.2) is 5.60 Å². The predicted molar refractivity (Wildman–Crippen MR) is 63.1 cm³/mol. The number of nitrogens with zero attached hydrogens (tertiary/aromatic N) is 1. The number of anilines is 1. The van der Waals surface area contributed by atoms with Crippen LogP contribution in [0.3, 0.4) is 0 Å². The molecule has 1 aliphatic rings. The minimum Gasteiger partial charge on any atom is -0.375 e. The summed E-state index contributed by atoms with van der Waals surface area (Å²) in [4.78, 5) is 13.6. The monoisotopic (exact) mass is 217 g/mol. The van der Waals surface area contributed by atoms with Gasteiger partial charge in [-0.25, -0.2) is 0 Å². The first kappa shape index (κ1) is 10.9. The van der Waals surface area contributed by atoms with E-state index in [1.54, 1.807) is 26.1 Å². The third-order valence-electron chi connectivity index (χ3n) is 3.32. The van der Waals surface area contributed by atoms with E-state index in [0.717, 1.165) is 5.69 Å². The van der Waals surface area contributed by atoms with E-state index >= 15 is 0 Å². The molecule has 3 heteroatoms. The highest BCUT2D eigenvalue weighted by Gasteiger charge is 2.50. The van der Waals surface area contributed by atoms with E-state index in [-0.39, 0.29) is 11.8 Å². The highest BCUT2D eigenvalue weighted by atomic mass is 16.3. The van der Waals surface area contributed by atoms with Crippen LogP contribution >= 0.6 is 0 Å². The van der Waals surface area contributed by atoms with Gasteiger partial charge in [-0.05, 0) is 6.07 Å². The molecule has 1 aliphatic heterocycles. The smallest absolute Gasteiger partial charge is 0.264 e. The standard InChI is InChI=1S/C13H15NO2/c1-4-9(2)13(16)10-7-5-6-8-11(10)14(3)12(13)15/h4-9,16H,1H2,2-3H3. The molecule has 0 saturated heterocycles. The first-order chi connectivity index (χ1) is 7.53. The molecule has 16 heavy (non-hydrogen) atoms. The van der Waals surface area contributed by atoms with E-state index in [4.69, 9.17) is 0 Å². The van der Waals surface area contributed by atoms with Gasteiger partial charge in [0, 0.05) is 18.5 Å². The van der Waals surface area contributed by atoms with Gasteiger partial charge in [-0.15, -0.1) is 6.58 Å². The molecular formula is C13H15NO2. The quantitative estimate of drug-likeness (QED) is 0.765. The normalized spacial score (nSPS) is 25.4. The summed E-state index contributed by atoms with van der Waals surface area (Å²) < 4.78 is 0. The highest BCUT2D eigenvalue weighted by molar-refractivity contribution is 6.06. The number of fused-ring (bicyclic) bond motifs is 1. The Labute approximate surface area is 95.0 Å². The maximum absolute atomic E-state index is 12.1. The van der Waals surface area contributed by atoms with Gasteiger partial charge in [-0.3, -0.25) is 4.79 Å². The second kappa shape index (κ2) is 3.46. The average Bonchev–Trinajstić information content (AvgIpc) is 2.52. The van der Waals surface area contributed by atoms with E-state index < -0.39 is 5.60 Å². The van der Waals surface area contributed by atoms with E-state index in [9.17, 15) is 9.90 Å². The first-order valence-electron chi connectivity index (χ1n) is 5.26. The van der Waals surface area contributed by atoms with Crippen molar-refractivity contribution in [3.05, 3.63) is 42.5 Å². The molecule has 1 amide bonds. The number of hydrogen-bond acceptors (Lipinski definition) is 2. The van der Waals surface area contributed by atoms with Crippen molar-refractivity contribution in [1.82, 2.24) is 0 Å². The van der Waals surface area contributed by atoms with E-state index in [1.165, 1.54) is 4.90 Å². The molecule has 2 rings (SSSR count). The fourth-order valence-electron chi connectivity index (χ4n) is 2.18. The average molecular weight is 217 g/mol. The van der Waals surface area contributed by atoms with Gasteiger partial charge in [0.1, 0.15) is 0 Å². The third-order valence-corrected chi connectivity index (χ3v) is 3.32. The number of aliphatic hydroxyl groups is 1. The number of likely N-dealkylation sites (N-methyl/N-ethyl adjacent to an activating group) is 1. The van der Waals surface area contributed by atoms with Crippen LogP contribution in [0.25, 0.3) is 0 Å². The Morgan fingerprint density at radius 1 is 1.50 bits per heavy atom. The van der Waals surface area contributed by atoms with Gasteiger partial charge in [0.2, 0.25) is 0 Å². The van der Waals surface area contributed by atoms with Gasteiger partial charge in [0.05, 0.1) is 5.69 Å². The fraction of sp³-hybridized carbons (Fsp3) is 0.308. The molecule has 3 nitrogen and oxygen atoms in total. The Bertz CT molecular complexity index is 455. The lowest BCUT2D eigenvalue weighted by Gasteiger charge is -2.26. The number of carbonyl (C=O) groups excluding carboxylic acids is 1. The summed E-state index contributed by atoms with van der Waals surface area (Å²) in [6.45, 7) is 5.44. The van der Waals surface area contributed by atoms with Crippen molar-refractivity contribution in [2.75, 3.05) is 11.9 Å². The summed E-state index contributed by atoms with van der Waals surface area (Å²) in [7, 11) is 1.68. The van der Waals surface area contributed by atoms with Crippen molar-refractivity contribution in [3.8, 4) is 0 Å². The lowest BCUT2D eigenvalue weighted by atomic mass is 9.83. The molecule has 2 atom stereocenters. The van der Waals surface area contributed by atoms with Gasteiger partial charge >= 0.3 is 0 Å². The lowest BCUT2D eigenvalue weighted by Crippen LogP contribution is -2.42. The zero-order valence-corrected chi connectivity index (χ0v) is 9.47. The largest absolute Gasteiger partial charge is 0.375 e. The Balaban J connectivity index is 2.65. The van der Waals surface area contributed by atoms with Crippen LogP contribution in [0.2, 0.25) is 0 Å². The number of para-hydroxylation sites is 1. The molecular weight excluding hydrogens is 202 g/mol. The SMILES string of the molecule is C=CC(C)C1(O)C(=O)N(C)c2ccccc21. The fourth-order valence-corrected chi connectivity index (χ4v) is 2.18. The van der Waals surface area contributed by atoms with Crippen LogP contribution in [0.4, 0.5) is 5.69 Å². The van der Waals surface area contributed by atoms with Crippen LogP contribution in [0, 0.1) is 5.92 Å². The molecule has 0 fully saturated rings. The number of hydrogen-bond donors (Lipinski definition) is 1. The van der Waals surface area contributed by atoms with Crippen molar-refractivity contribution in [2.45, 2.75) is 12.5 Å². The minimum absolute atomic E-state index is 0.291. The summed E-state index contributed by atoms with van der Waals surface area (Å²) in [5.74, 6) is -0.604. The summed E-state index contributed by atoms with van der Waals surface area (Å²) in [5.41, 5.74) is -0.0359. The van der Waals surface area contributed by atoms with Gasteiger partial charge in [-0.1, -0.05) is 31.2 Å². The van der Waals surface area contributed by atoms with Gasteiger partial charge in [0.25, 0.3) is 5.91 Å². The summed E-state index contributed by atoms with van der Waals surface area (Å²) >= 11 is 0. The topological polar surface area (TPSA) is 40.5 Å². The lowest BCUT2D eigenvalue weighted by molar-refractivity contribution is -0.139. The third kappa shape index (κ3) is 1.15. The number of rotatable bonds is 2. The molecule has 0 aromatic heterocycles. The molecule has 2 unspecified atom stereocenters. The molecule has 0 aliphatic carbocycles. The summed E-state index contributed by atoms with van der Waals surface area (Å²) in [6, 6.07) is 7.30.